The average Bonchev–Trinajstić information content (AvgIpc) is 2.30. The molecule has 1 aromatic rings. The van der Waals surface area contributed by atoms with Gasteiger partial charge in [0, 0.05) is 9.26 Å². The van der Waals surface area contributed by atoms with E-state index in [9.17, 15) is 4.79 Å². The molecule has 1 amide bonds. The first-order chi connectivity index (χ1) is 8.52. The van der Waals surface area contributed by atoms with Crippen molar-refractivity contribution in [1.29, 1.82) is 0 Å². The van der Waals surface area contributed by atoms with Crippen LogP contribution in [-0.4, -0.2) is 30.9 Å². The molecule has 100 valence electrons. The largest absolute Gasteiger partial charge is 0.325 e. The van der Waals surface area contributed by atoms with Crippen molar-refractivity contribution in [3.63, 3.8) is 0 Å². The quantitative estimate of drug-likeness (QED) is 0.790. The number of anilines is 1. The van der Waals surface area contributed by atoms with Crippen molar-refractivity contribution >= 4 is 34.2 Å². The van der Waals surface area contributed by atoms with Gasteiger partial charge in [0.15, 0.2) is 0 Å². The van der Waals surface area contributed by atoms with Crippen molar-refractivity contribution < 1.29 is 4.79 Å². The van der Waals surface area contributed by atoms with E-state index in [-0.39, 0.29) is 5.91 Å². The van der Waals surface area contributed by atoms with Crippen LogP contribution in [0.1, 0.15) is 25.3 Å². The van der Waals surface area contributed by atoms with Crippen molar-refractivity contribution in [2.24, 2.45) is 0 Å². The van der Waals surface area contributed by atoms with Crippen LogP contribution in [0, 0.1) is 10.5 Å². The number of carbonyl (C=O) groups excluding carboxylic acids is 1. The summed E-state index contributed by atoms with van der Waals surface area (Å²) in [5.41, 5.74) is 2.01. The monoisotopic (exact) mass is 360 g/mol. The SMILES string of the molecule is CCCCN(C)CC(=O)Nc1ccc(I)cc1C. The van der Waals surface area contributed by atoms with Crippen LogP contribution >= 0.6 is 22.6 Å². The third-order valence-corrected chi connectivity index (χ3v) is 3.44. The molecule has 0 aliphatic heterocycles. The highest BCUT2D eigenvalue weighted by atomic mass is 127. The first-order valence-corrected chi connectivity index (χ1v) is 7.35. The molecule has 0 fully saturated rings. The van der Waals surface area contributed by atoms with Crippen LogP contribution in [0.3, 0.4) is 0 Å². The maximum atomic E-state index is 11.9. The van der Waals surface area contributed by atoms with E-state index in [4.69, 9.17) is 0 Å². The number of nitrogens with one attached hydrogen (secondary N) is 1. The van der Waals surface area contributed by atoms with Gasteiger partial charge in [0.25, 0.3) is 0 Å². The minimum absolute atomic E-state index is 0.0536. The molecule has 0 bridgehead atoms. The molecule has 0 aliphatic rings. The zero-order valence-corrected chi connectivity index (χ0v) is 13.5. The van der Waals surface area contributed by atoms with Crippen LogP contribution in [0.2, 0.25) is 0 Å². The Labute approximate surface area is 123 Å². The van der Waals surface area contributed by atoms with E-state index in [2.05, 4.69) is 45.8 Å². The van der Waals surface area contributed by atoms with E-state index in [1.807, 2.05) is 26.1 Å². The van der Waals surface area contributed by atoms with Crippen LogP contribution in [0.4, 0.5) is 5.69 Å². The molecule has 0 aliphatic carbocycles. The zero-order chi connectivity index (χ0) is 13.5. The van der Waals surface area contributed by atoms with Crippen LogP contribution in [-0.2, 0) is 4.79 Å². The minimum Gasteiger partial charge on any atom is -0.325 e. The van der Waals surface area contributed by atoms with Crippen LogP contribution in [0.15, 0.2) is 18.2 Å². The zero-order valence-electron chi connectivity index (χ0n) is 11.3. The van der Waals surface area contributed by atoms with Gasteiger partial charge in [-0.25, -0.2) is 0 Å². The maximum Gasteiger partial charge on any atom is 0.238 e. The van der Waals surface area contributed by atoms with Crippen LogP contribution in [0.25, 0.3) is 0 Å². The van der Waals surface area contributed by atoms with Crippen molar-refractivity contribution in [3.05, 3.63) is 27.3 Å². The molecule has 0 unspecified atom stereocenters. The lowest BCUT2D eigenvalue weighted by molar-refractivity contribution is -0.117. The molecule has 1 N–H and O–H groups in total. The minimum atomic E-state index is 0.0536. The highest BCUT2D eigenvalue weighted by Crippen LogP contribution is 2.17. The summed E-state index contributed by atoms with van der Waals surface area (Å²) < 4.78 is 1.18. The van der Waals surface area contributed by atoms with E-state index in [1.54, 1.807) is 0 Å². The van der Waals surface area contributed by atoms with Gasteiger partial charge in [0.2, 0.25) is 5.91 Å². The Morgan fingerprint density at radius 1 is 1.44 bits per heavy atom. The number of nitrogens with zero attached hydrogens (tertiary/aromatic N) is 1. The number of unbranched alkanes of at least 4 members (excludes halogenated alkanes) is 1. The number of hydrogen-bond acceptors (Lipinski definition) is 2. The van der Waals surface area contributed by atoms with E-state index in [1.165, 1.54) is 3.57 Å². The molecule has 18 heavy (non-hydrogen) atoms. The van der Waals surface area contributed by atoms with Crippen molar-refractivity contribution in [2.75, 3.05) is 25.5 Å². The predicted octanol–water partition coefficient (Wildman–Crippen LogP) is 3.27. The molecule has 0 heterocycles. The Bertz CT molecular complexity index is 407. The lowest BCUT2D eigenvalue weighted by atomic mass is 10.2. The molecule has 0 radical (unpaired) electrons. The molecule has 0 aromatic heterocycles. The van der Waals surface area contributed by atoms with Gasteiger partial charge in [-0.3, -0.25) is 9.69 Å². The van der Waals surface area contributed by atoms with Gasteiger partial charge >= 0.3 is 0 Å². The Morgan fingerprint density at radius 3 is 2.78 bits per heavy atom. The normalized spacial score (nSPS) is 10.7. The van der Waals surface area contributed by atoms with Crippen molar-refractivity contribution in [2.45, 2.75) is 26.7 Å². The van der Waals surface area contributed by atoms with Crippen LogP contribution in [0.5, 0.6) is 0 Å². The lowest BCUT2D eigenvalue weighted by Gasteiger charge is -2.16. The third kappa shape index (κ3) is 5.35. The van der Waals surface area contributed by atoms with E-state index < -0.39 is 0 Å². The van der Waals surface area contributed by atoms with Gasteiger partial charge in [-0.15, -0.1) is 0 Å². The van der Waals surface area contributed by atoms with Gasteiger partial charge < -0.3 is 5.32 Å². The molecule has 3 nitrogen and oxygen atoms in total. The summed E-state index contributed by atoms with van der Waals surface area (Å²) in [4.78, 5) is 13.9. The second kappa shape index (κ2) is 7.74. The smallest absolute Gasteiger partial charge is 0.238 e. The summed E-state index contributed by atoms with van der Waals surface area (Å²) in [6.45, 7) is 5.59. The molecular formula is C14H21IN2O. The highest BCUT2D eigenvalue weighted by molar-refractivity contribution is 14.1. The molecule has 1 aromatic carbocycles. The van der Waals surface area contributed by atoms with Crippen molar-refractivity contribution in [1.82, 2.24) is 4.90 Å². The van der Waals surface area contributed by atoms with Crippen LogP contribution < -0.4 is 5.32 Å². The molecule has 0 saturated carbocycles. The number of hydrogen-bond donors (Lipinski definition) is 1. The maximum absolute atomic E-state index is 11.9. The molecule has 0 saturated heterocycles. The van der Waals surface area contributed by atoms with Gasteiger partial charge in [-0.05, 0) is 73.3 Å². The number of likely N-dealkylation sites (N-methyl/N-ethyl adjacent to an activating group) is 1. The first kappa shape index (κ1) is 15.4. The summed E-state index contributed by atoms with van der Waals surface area (Å²) in [5.74, 6) is 0.0536. The standard InChI is InChI=1S/C14H21IN2O/c1-4-5-8-17(3)10-14(18)16-13-7-6-12(15)9-11(13)2/h6-7,9H,4-5,8,10H2,1-3H3,(H,16,18). The molecule has 4 heteroatoms. The first-order valence-electron chi connectivity index (χ1n) is 6.27. The second-order valence-corrected chi connectivity index (χ2v) is 5.84. The second-order valence-electron chi connectivity index (χ2n) is 4.60. The van der Waals surface area contributed by atoms with E-state index in [0.717, 1.165) is 30.6 Å². The molecular weight excluding hydrogens is 339 g/mol. The van der Waals surface area contributed by atoms with Gasteiger partial charge in [0.1, 0.15) is 0 Å². The van der Waals surface area contributed by atoms with Gasteiger partial charge in [-0.1, -0.05) is 13.3 Å². The number of carbonyl (C=O) groups is 1. The Morgan fingerprint density at radius 2 is 2.17 bits per heavy atom. The molecule has 0 atom stereocenters. The summed E-state index contributed by atoms with van der Waals surface area (Å²) in [6, 6.07) is 6.03. The average molecular weight is 360 g/mol. The van der Waals surface area contributed by atoms with E-state index >= 15 is 0 Å². The number of halogens is 1. The van der Waals surface area contributed by atoms with Crippen molar-refractivity contribution in [3.8, 4) is 0 Å². The fraction of sp³-hybridized carbons (Fsp3) is 0.500. The lowest BCUT2D eigenvalue weighted by Crippen LogP contribution is -2.31. The molecule has 1 rings (SSSR count). The topological polar surface area (TPSA) is 32.3 Å². The Kier molecular flexibility index (Phi) is 6.63. The Hall–Kier alpha value is -0.620. The number of aryl methyl sites for hydroxylation is 1. The summed E-state index contributed by atoms with van der Waals surface area (Å²) in [7, 11) is 1.98. The number of rotatable bonds is 6. The van der Waals surface area contributed by atoms with Gasteiger partial charge in [0.05, 0.1) is 6.54 Å². The third-order valence-electron chi connectivity index (χ3n) is 2.77. The number of benzene rings is 1. The number of amides is 1. The summed E-state index contributed by atoms with van der Waals surface area (Å²) >= 11 is 2.27. The highest BCUT2D eigenvalue weighted by Gasteiger charge is 2.07. The predicted molar refractivity (Wildman–Crippen MR) is 84.9 cm³/mol. The molecule has 0 spiro atoms. The fourth-order valence-electron chi connectivity index (χ4n) is 1.71. The summed E-state index contributed by atoms with van der Waals surface area (Å²) in [6.07, 6.45) is 2.29. The fourth-order valence-corrected chi connectivity index (χ4v) is 2.36. The van der Waals surface area contributed by atoms with Gasteiger partial charge in [-0.2, -0.15) is 0 Å². The summed E-state index contributed by atoms with van der Waals surface area (Å²) in [5, 5.41) is 2.96. The van der Waals surface area contributed by atoms with E-state index in [0.29, 0.717) is 6.54 Å². The Balaban J connectivity index is 2.49.